The van der Waals surface area contributed by atoms with Gasteiger partial charge in [0.1, 0.15) is 5.82 Å². The third-order valence-corrected chi connectivity index (χ3v) is 5.98. The normalized spacial score (nSPS) is 15.9. The fourth-order valence-electron chi connectivity index (χ4n) is 3.44. The highest BCUT2D eigenvalue weighted by Crippen LogP contribution is 2.27. The van der Waals surface area contributed by atoms with E-state index in [1.165, 1.54) is 61.9 Å². The largest absolute Gasteiger partial charge is 0.361 e. The van der Waals surface area contributed by atoms with Gasteiger partial charge in [0, 0.05) is 10.6 Å². The molecule has 3 rings (SSSR count). The number of fused-ring (bicyclic) bond motifs is 1. The molecule has 27 heavy (non-hydrogen) atoms. The third-order valence-electron chi connectivity index (χ3n) is 4.91. The molecule has 0 bridgehead atoms. The van der Waals surface area contributed by atoms with Gasteiger partial charge >= 0.3 is 0 Å². The first-order chi connectivity index (χ1) is 13.2. The van der Waals surface area contributed by atoms with E-state index in [2.05, 4.69) is 15.6 Å². The standard InChI is InChI=1S/C21H30N4OS/c1-16-11-10-14-19(23-16)22-15-20(26)25-21-24-17-12-8-6-4-2-3-5-7-9-13-18(17)27-21/h10-11,14H,2-9,12-13,15H2,1H3,(H,22,23)(H,24,25,26). The quantitative estimate of drug-likeness (QED) is 0.766. The first-order valence-electron chi connectivity index (χ1n) is 10.2. The molecule has 0 spiro atoms. The molecule has 1 aliphatic carbocycles. The highest BCUT2D eigenvalue weighted by molar-refractivity contribution is 7.15. The van der Waals surface area contributed by atoms with Crippen LogP contribution < -0.4 is 10.6 Å². The van der Waals surface area contributed by atoms with Crippen LogP contribution in [0.2, 0.25) is 0 Å². The lowest BCUT2D eigenvalue weighted by Crippen LogP contribution is -2.22. The number of rotatable bonds is 4. The van der Waals surface area contributed by atoms with E-state index in [4.69, 9.17) is 4.98 Å². The first-order valence-corrected chi connectivity index (χ1v) is 11.0. The molecule has 0 unspecified atom stereocenters. The number of aryl methyl sites for hydroxylation is 3. The van der Waals surface area contributed by atoms with Gasteiger partial charge in [-0.1, -0.05) is 44.6 Å². The van der Waals surface area contributed by atoms with Gasteiger partial charge < -0.3 is 10.6 Å². The summed E-state index contributed by atoms with van der Waals surface area (Å²) in [4.78, 5) is 22.7. The van der Waals surface area contributed by atoms with Crippen LogP contribution in [0, 0.1) is 6.92 Å². The molecule has 0 atom stereocenters. The summed E-state index contributed by atoms with van der Waals surface area (Å²) >= 11 is 1.65. The molecular weight excluding hydrogens is 356 g/mol. The Labute approximate surface area is 166 Å². The predicted molar refractivity (Wildman–Crippen MR) is 113 cm³/mol. The molecule has 2 N–H and O–H groups in total. The Morgan fingerprint density at radius 1 is 1.00 bits per heavy atom. The number of anilines is 2. The summed E-state index contributed by atoms with van der Waals surface area (Å²) < 4.78 is 0. The smallest absolute Gasteiger partial charge is 0.245 e. The summed E-state index contributed by atoms with van der Waals surface area (Å²) in [6.07, 6.45) is 12.6. The number of thiazole rings is 1. The first kappa shape index (κ1) is 19.8. The summed E-state index contributed by atoms with van der Waals surface area (Å²) in [5.41, 5.74) is 2.13. The number of carbonyl (C=O) groups excluding carboxylic acids is 1. The summed E-state index contributed by atoms with van der Waals surface area (Å²) in [7, 11) is 0. The maximum Gasteiger partial charge on any atom is 0.245 e. The molecule has 0 saturated carbocycles. The Balaban J connectivity index is 1.56. The second-order valence-corrected chi connectivity index (χ2v) is 8.37. The molecule has 0 saturated heterocycles. The van der Waals surface area contributed by atoms with Crippen molar-refractivity contribution in [3.63, 3.8) is 0 Å². The van der Waals surface area contributed by atoms with E-state index in [0.29, 0.717) is 0 Å². The number of hydrogen-bond donors (Lipinski definition) is 2. The molecule has 2 heterocycles. The van der Waals surface area contributed by atoms with Crippen LogP contribution in [-0.2, 0) is 17.6 Å². The third kappa shape index (κ3) is 6.61. The Morgan fingerprint density at radius 2 is 1.70 bits per heavy atom. The van der Waals surface area contributed by atoms with Gasteiger partial charge in [0.2, 0.25) is 5.91 Å². The van der Waals surface area contributed by atoms with Gasteiger partial charge in [0.25, 0.3) is 0 Å². The minimum Gasteiger partial charge on any atom is -0.361 e. The summed E-state index contributed by atoms with van der Waals surface area (Å²) in [6, 6.07) is 5.73. The van der Waals surface area contributed by atoms with Crippen LogP contribution in [0.1, 0.15) is 67.6 Å². The van der Waals surface area contributed by atoms with Gasteiger partial charge in [-0.15, -0.1) is 11.3 Å². The van der Waals surface area contributed by atoms with Crippen molar-refractivity contribution in [2.45, 2.75) is 71.1 Å². The molecular formula is C21H30N4OS. The van der Waals surface area contributed by atoms with Crippen LogP contribution >= 0.6 is 11.3 Å². The van der Waals surface area contributed by atoms with E-state index in [9.17, 15) is 4.79 Å². The van der Waals surface area contributed by atoms with Crippen molar-refractivity contribution in [2.24, 2.45) is 0 Å². The zero-order valence-electron chi connectivity index (χ0n) is 16.2. The molecule has 0 aromatic carbocycles. The lowest BCUT2D eigenvalue weighted by atomic mass is 10.0. The highest BCUT2D eigenvalue weighted by atomic mass is 32.1. The van der Waals surface area contributed by atoms with E-state index >= 15 is 0 Å². The van der Waals surface area contributed by atoms with E-state index in [0.717, 1.165) is 29.5 Å². The Bertz CT molecular complexity index is 714. The average Bonchev–Trinajstić information content (AvgIpc) is 3.01. The monoisotopic (exact) mass is 386 g/mol. The van der Waals surface area contributed by atoms with Gasteiger partial charge in [0.05, 0.1) is 12.2 Å². The van der Waals surface area contributed by atoms with Crippen molar-refractivity contribution in [2.75, 3.05) is 17.2 Å². The fourth-order valence-corrected chi connectivity index (χ4v) is 4.51. The van der Waals surface area contributed by atoms with Crippen LogP contribution in [0.15, 0.2) is 18.2 Å². The van der Waals surface area contributed by atoms with Gasteiger partial charge in [-0.25, -0.2) is 9.97 Å². The van der Waals surface area contributed by atoms with E-state index in [-0.39, 0.29) is 12.5 Å². The second-order valence-electron chi connectivity index (χ2n) is 7.28. The minimum atomic E-state index is -0.0805. The Morgan fingerprint density at radius 3 is 2.44 bits per heavy atom. The number of pyridine rings is 1. The van der Waals surface area contributed by atoms with Crippen LogP contribution in [0.25, 0.3) is 0 Å². The van der Waals surface area contributed by atoms with Crippen LogP contribution in [0.4, 0.5) is 10.9 Å². The van der Waals surface area contributed by atoms with Gasteiger partial charge in [-0.2, -0.15) is 0 Å². The SMILES string of the molecule is Cc1cccc(NCC(=O)Nc2nc3c(s2)CCCCCCCCCC3)n1. The average molecular weight is 387 g/mol. The van der Waals surface area contributed by atoms with Crippen molar-refractivity contribution in [3.05, 3.63) is 34.5 Å². The summed E-state index contributed by atoms with van der Waals surface area (Å²) in [5.74, 6) is 0.638. The van der Waals surface area contributed by atoms with Crippen LogP contribution in [0.5, 0.6) is 0 Å². The Kier molecular flexibility index (Phi) is 7.63. The van der Waals surface area contributed by atoms with E-state index in [1.54, 1.807) is 11.3 Å². The number of aromatic nitrogens is 2. The second kappa shape index (κ2) is 10.4. The highest BCUT2D eigenvalue weighted by Gasteiger charge is 2.13. The summed E-state index contributed by atoms with van der Waals surface area (Å²) in [5, 5.41) is 6.77. The predicted octanol–water partition coefficient (Wildman–Crippen LogP) is 5.12. The van der Waals surface area contributed by atoms with Crippen molar-refractivity contribution in [1.29, 1.82) is 0 Å². The van der Waals surface area contributed by atoms with Gasteiger partial charge in [0.15, 0.2) is 5.13 Å². The molecule has 2 aromatic rings. The topological polar surface area (TPSA) is 66.9 Å². The zero-order valence-corrected chi connectivity index (χ0v) is 17.0. The van der Waals surface area contributed by atoms with Crippen molar-refractivity contribution in [1.82, 2.24) is 9.97 Å². The molecule has 1 amide bonds. The van der Waals surface area contributed by atoms with Gasteiger partial charge in [-0.3, -0.25) is 4.79 Å². The van der Waals surface area contributed by atoms with E-state index in [1.807, 2.05) is 25.1 Å². The molecule has 146 valence electrons. The molecule has 2 aromatic heterocycles. The molecule has 1 aliphatic rings. The van der Waals surface area contributed by atoms with Gasteiger partial charge in [-0.05, 0) is 44.7 Å². The summed E-state index contributed by atoms with van der Waals surface area (Å²) in [6.45, 7) is 2.13. The number of hydrogen-bond acceptors (Lipinski definition) is 5. The molecule has 0 fully saturated rings. The van der Waals surface area contributed by atoms with Crippen molar-refractivity contribution < 1.29 is 4.79 Å². The van der Waals surface area contributed by atoms with Crippen LogP contribution in [-0.4, -0.2) is 22.4 Å². The number of nitrogens with zero attached hydrogens (tertiary/aromatic N) is 2. The van der Waals surface area contributed by atoms with Crippen molar-refractivity contribution in [3.8, 4) is 0 Å². The molecule has 6 heteroatoms. The van der Waals surface area contributed by atoms with E-state index < -0.39 is 0 Å². The Hall–Kier alpha value is -1.95. The fraction of sp³-hybridized carbons (Fsp3) is 0.571. The lowest BCUT2D eigenvalue weighted by Gasteiger charge is -2.06. The molecule has 5 nitrogen and oxygen atoms in total. The maximum absolute atomic E-state index is 12.3. The zero-order chi connectivity index (χ0) is 18.9. The number of carbonyl (C=O) groups is 1. The molecule has 0 radical (unpaired) electrons. The number of amides is 1. The minimum absolute atomic E-state index is 0.0805. The lowest BCUT2D eigenvalue weighted by molar-refractivity contribution is -0.114. The maximum atomic E-state index is 12.3. The molecule has 0 aliphatic heterocycles. The number of nitrogens with one attached hydrogen (secondary N) is 2. The van der Waals surface area contributed by atoms with Crippen LogP contribution in [0.3, 0.4) is 0 Å². The van der Waals surface area contributed by atoms with Crippen molar-refractivity contribution >= 4 is 28.2 Å².